The molecule has 5 nitrogen and oxygen atoms in total. The van der Waals surface area contributed by atoms with Crippen LogP contribution in [-0.4, -0.2) is 54.4 Å². The number of rotatable bonds is 4. The van der Waals surface area contributed by atoms with Gasteiger partial charge in [0.05, 0.1) is 0 Å². The van der Waals surface area contributed by atoms with Crippen LogP contribution in [0.25, 0.3) is 0 Å². The average Bonchev–Trinajstić information content (AvgIpc) is 2.72. The van der Waals surface area contributed by atoms with Gasteiger partial charge in [-0.15, -0.1) is 0 Å². The van der Waals surface area contributed by atoms with Gasteiger partial charge < -0.3 is 14.5 Å². The van der Waals surface area contributed by atoms with E-state index in [0.29, 0.717) is 37.5 Å². The molecule has 1 heterocycles. The van der Waals surface area contributed by atoms with E-state index in [1.54, 1.807) is 4.90 Å². The van der Waals surface area contributed by atoms with E-state index >= 15 is 0 Å². The highest BCUT2D eigenvalue weighted by Gasteiger charge is 2.25. The van der Waals surface area contributed by atoms with E-state index in [0.717, 1.165) is 0 Å². The van der Waals surface area contributed by atoms with E-state index in [9.17, 15) is 9.59 Å². The van der Waals surface area contributed by atoms with Crippen molar-refractivity contribution in [3.63, 3.8) is 0 Å². The maximum Gasteiger partial charge on any atom is 0.260 e. The summed E-state index contributed by atoms with van der Waals surface area (Å²) in [5, 5.41) is 0. The fraction of sp³-hybridized carbons (Fsp3) is 0.391. The Bertz CT molecular complexity index is 802. The molecule has 2 aromatic carbocycles. The van der Waals surface area contributed by atoms with Crippen molar-refractivity contribution >= 4 is 11.8 Å². The van der Waals surface area contributed by atoms with Gasteiger partial charge in [-0.2, -0.15) is 0 Å². The lowest BCUT2D eigenvalue weighted by molar-refractivity contribution is -0.134. The Hall–Kier alpha value is -2.82. The summed E-state index contributed by atoms with van der Waals surface area (Å²) in [6.07, 6.45) is 0. The van der Waals surface area contributed by atoms with E-state index in [1.807, 2.05) is 59.5 Å². The SMILES string of the molecule is CC(C)(C)c1ccc(C(=O)N2CCN(C(=O)COc3ccccc3)CC2)cc1. The minimum atomic E-state index is -0.0505. The van der Waals surface area contributed by atoms with Gasteiger partial charge in [0.25, 0.3) is 11.8 Å². The van der Waals surface area contributed by atoms with E-state index in [1.165, 1.54) is 5.56 Å². The fourth-order valence-electron chi connectivity index (χ4n) is 3.21. The van der Waals surface area contributed by atoms with Crippen LogP contribution in [0.5, 0.6) is 5.75 Å². The van der Waals surface area contributed by atoms with E-state index in [4.69, 9.17) is 4.74 Å². The van der Waals surface area contributed by atoms with Crippen molar-refractivity contribution in [3.05, 3.63) is 65.7 Å². The molecule has 2 amide bonds. The molecular formula is C23H28N2O3. The second-order valence-electron chi connectivity index (χ2n) is 8.10. The molecule has 2 aromatic rings. The molecule has 1 fully saturated rings. The number of nitrogens with zero attached hydrogens (tertiary/aromatic N) is 2. The van der Waals surface area contributed by atoms with Gasteiger partial charge in [0, 0.05) is 31.7 Å². The Morgan fingerprint density at radius 1 is 0.857 bits per heavy atom. The highest BCUT2D eigenvalue weighted by Crippen LogP contribution is 2.22. The second kappa shape index (κ2) is 8.46. The van der Waals surface area contributed by atoms with Crippen LogP contribution in [0.2, 0.25) is 0 Å². The number of hydrogen-bond acceptors (Lipinski definition) is 3. The molecule has 0 radical (unpaired) electrons. The average molecular weight is 380 g/mol. The molecule has 5 heteroatoms. The summed E-state index contributed by atoms with van der Waals surface area (Å²) in [7, 11) is 0. The van der Waals surface area contributed by atoms with Crippen molar-refractivity contribution in [1.82, 2.24) is 9.80 Å². The summed E-state index contributed by atoms with van der Waals surface area (Å²) >= 11 is 0. The molecule has 1 aliphatic heterocycles. The van der Waals surface area contributed by atoms with Crippen LogP contribution >= 0.6 is 0 Å². The quantitative estimate of drug-likeness (QED) is 0.817. The number of carbonyl (C=O) groups is 2. The molecule has 0 spiro atoms. The lowest BCUT2D eigenvalue weighted by Crippen LogP contribution is -2.51. The normalized spacial score (nSPS) is 14.7. The van der Waals surface area contributed by atoms with Crippen molar-refractivity contribution < 1.29 is 14.3 Å². The molecule has 0 atom stereocenters. The van der Waals surface area contributed by atoms with Crippen molar-refractivity contribution in [2.75, 3.05) is 32.8 Å². The van der Waals surface area contributed by atoms with Crippen LogP contribution in [0, 0.1) is 0 Å². The first-order valence-electron chi connectivity index (χ1n) is 9.70. The maximum atomic E-state index is 12.7. The topological polar surface area (TPSA) is 49.9 Å². The Morgan fingerprint density at radius 2 is 1.43 bits per heavy atom. The van der Waals surface area contributed by atoms with Gasteiger partial charge in [0.2, 0.25) is 0 Å². The zero-order valence-corrected chi connectivity index (χ0v) is 16.9. The predicted octanol–water partition coefficient (Wildman–Crippen LogP) is 3.35. The van der Waals surface area contributed by atoms with Crippen LogP contribution < -0.4 is 4.74 Å². The Kier molecular flexibility index (Phi) is 6.02. The van der Waals surface area contributed by atoms with Gasteiger partial charge in [0.1, 0.15) is 5.75 Å². The van der Waals surface area contributed by atoms with Crippen LogP contribution in [-0.2, 0) is 10.2 Å². The van der Waals surface area contributed by atoms with Gasteiger partial charge in [-0.25, -0.2) is 0 Å². The first-order valence-corrected chi connectivity index (χ1v) is 9.70. The lowest BCUT2D eigenvalue weighted by Gasteiger charge is -2.34. The van der Waals surface area contributed by atoms with Gasteiger partial charge in [0.15, 0.2) is 6.61 Å². The zero-order valence-electron chi connectivity index (χ0n) is 16.9. The monoisotopic (exact) mass is 380 g/mol. The molecule has 1 aliphatic rings. The van der Waals surface area contributed by atoms with Crippen molar-refractivity contribution in [3.8, 4) is 5.75 Å². The third kappa shape index (κ3) is 4.91. The molecule has 1 saturated heterocycles. The molecular weight excluding hydrogens is 352 g/mol. The van der Waals surface area contributed by atoms with E-state index in [-0.39, 0.29) is 23.8 Å². The summed E-state index contributed by atoms with van der Waals surface area (Å²) in [6.45, 7) is 8.62. The van der Waals surface area contributed by atoms with E-state index in [2.05, 4.69) is 20.8 Å². The predicted molar refractivity (Wildman–Crippen MR) is 110 cm³/mol. The van der Waals surface area contributed by atoms with E-state index < -0.39 is 0 Å². The van der Waals surface area contributed by atoms with Gasteiger partial charge in [-0.05, 0) is 35.2 Å². The van der Waals surface area contributed by atoms with Crippen LogP contribution in [0.1, 0.15) is 36.7 Å². The second-order valence-corrected chi connectivity index (χ2v) is 8.10. The summed E-state index contributed by atoms with van der Waals surface area (Å²) < 4.78 is 5.53. The van der Waals surface area contributed by atoms with Crippen LogP contribution in [0.3, 0.4) is 0 Å². The Labute approximate surface area is 166 Å². The molecule has 0 aromatic heterocycles. The Morgan fingerprint density at radius 3 is 2.00 bits per heavy atom. The largest absolute Gasteiger partial charge is 0.484 e. The molecule has 0 bridgehead atoms. The third-order valence-electron chi connectivity index (χ3n) is 5.02. The Balaban J connectivity index is 1.50. The molecule has 3 rings (SSSR count). The molecule has 0 unspecified atom stereocenters. The molecule has 28 heavy (non-hydrogen) atoms. The smallest absolute Gasteiger partial charge is 0.260 e. The number of hydrogen-bond donors (Lipinski definition) is 0. The van der Waals surface area contributed by atoms with Crippen LogP contribution in [0.15, 0.2) is 54.6 Å². The molecule has 148 valence electrons. The van der Waals surface area contributed by atoms with Gasteiger partial charge in [-0.1, -0.05) is 51.1 Å². The lowest BCUT2D eigenvalue weighted by atomic mass is 9.86. The minimum absolute atomic E-state index is 0.0201. The maximum absolute atomic E-state index is 12.7. The number of amides is 2. The number of carbonyl (C=O) groups excluding carboxylic acids is 2. The molecule has 0 saturated carbocycles. The van der Waals surface area contributed by atoms with Gasteiger partial charge in [-0.3, -0.25) is 9.59 Å². The highest BCUT2D eigenvalue weighted by molar-refractivity contribution is 5.94. The first-order chi connectivity index (χ1) is 13.3. The van der Waals surface area contributed by atoms with Gasteiger partial charge >= 0.3 is 0 Å². The number of ether oxygens (including phenoxy) is 1. The first kappa shape index (κ1) is 19.9. The highest BCUT2D eigenvalue weighted by atomic mass is 16.5. The third-order valence-corrected chi connectivity index (χ3v) is 5.02. The number of piperazine rings is 1. The summed E-state index contributed by atoms with van der Waals surface area (Å²) in [5.41, 5.74) is 1.97. The minimum Gasteiger partial charge on any atom is -0.484 e. The van der Waals surface area contributed by atoms with Crippen molar-refractivity contribution in [2.45, 2.75) is 26.2 Å². The molecule has 0 aliphatic carbocycles. The molecule has 0 N–H and O–H groups in total. The summed E-state index contributed by atoms with van der Waals surface area (Å²) in [5.74, 6) is 0.655. The van der Waals surface area contributed by atoms with Crippen LogP contribution in [0.4, 0.5) is 0 Å². The summed E-state index contributed by atoms with van der Waals surface area (Å²) in [6, 6.07) is 17.1. The van der Waals surface area contributed by atoms with Crippen molar-refractivity contribution in [2.24, 2.45) is 0 Å². The summed E-state index contributed by atoms with van der Waals surface area (Å²) in [4.78, 5) is 28.7. The standard InChI is InChI=1S/C23H28N2O3/c1-23(2,3)19-11-9-18(10-12-19)22(27)25-15-13-24(14-16-25)21(26)17-28-20-7-5-4-6-8-20/h4-12H,13-17H2,1-3H3. The zero-order chi connectivity index (χ0) is 20.1. The van der Waals surface area contributed by atoms with Crippen molar-refractivity contribution in [1.29, 1.82) is 0 Å². The number of benzene rings is 2. The number of para-hydroxylation sites is 1. The fourth-order valence-corrected chi connectivity index (χ4v) is 3.21.